The molecular formula is C12H16BrClN2OS. The van der Waals surface area contributed by atoms with Crippen LogP contribution in [0.2, 0.25) is 4.34 Å². The Bertz CT molecular complexity index is 463. The van der Waals surface area contributed by atoms with Gasteiger partial charge < -0.3 is 10.6 Å². The molecule has 1 fully saturated rings. The maximum Gasteiger partial charge on any atom is 0.225 e. The highest BCUT2D eigenvalue weighted by atomic mass is 79.9. The lowest BCUT2D eigenvalue weighted by Gasteiger charge is -2.37. The summed E-state index contributed by atoms with van der Waals surface area (Å²) in [6.45, 7) is 6.08. The van der Waals surface area contributed by atoms with Crippen molar-refractivity contribution in [1.29, 1.82) is 0 Å². The zero-order chi connectivity index (χ0) is 13.7. The van der Waals surface area contributed by atoms with Crippen LogP contribution in [-0.4, -0.2) is 22.4 Å². The summed E-state index contributed by atoms with van der Waals surface area (Å²) in [6, 6.07) is 1.72. The molecular weight excluding hydrogens is 336 g/mol. The number of carbonyl (C=O) groups excluding carboxylic acids is 1. The molecule has 1 amide bonds. The Morgan fingerprint density at radius 3 is 2.61 bits per heavy atom. The number of carbonyl (C=O) groups is 1. The van der Waals surface area contributed by atoms with Crippen molar-refractivity contribution in [3.63, 3.8) is 0 Å². The van der Waals surface area contributed by atoms with E-state index in [0.29, 0.717) is 10.8 Å². The lowest BCUT2D eigenvalue weighted by Crippen LogP contribution is -2.45. The third-order valence-corrected chi connectivity index (χ3v) is 5.59. The van der Waals surface area contributed by atoms with Crippen molar-refractivity contribution < 1.29 is 4.79 Å². The largest absolute Gasteiger partial charge is 0.328 e. The zero-order valence-corrected chi connectivity index (χ0v) is 13.7. The Balaban J connectivity index is 2.43. The van der Waals surface area contributed by atoms with Gasteiger partial charge in [0.2, 0.25) is 5.91 Å². The second kappa shape index (κ2) is 4.78. The first-order valence-corrected chi connectivity index (χ1v) is 7.73. The van der Waals surface area contributed by atoms with Gasteiger partial charge in [0.25, 0.3) is 0 Å². The third-order valence-electron chi connectivity index (χ3n) is 3.04. The highest BCUT2D eigenvalue weighted by Crippen LogP contribution is 2.43. The fraction of sp³-hybridized carbons (Fsp3) is 0.583. The molecule has 100 valence electrons. The van der Waals surface area contributed by atoms with Gasteiger partial charge in [0.05, 0.1) is 6.04 Å². The average Bonchev–Trinajstić information content (AvgIpc) is 2.67. The summed E-state index contributed by atoms with van der Waals surface area (Å²) in [5, 5.41) is 0. The van der Waals surface area contributed by atoms with Crippen LogP contribution in [0, 0.1) is 0 Å². The molecule has 1 aliphatic heterocycles. The van der Waals surface area contributed by atoms with E-state index in [9.17, 15) is 4.79 Å². The fourth-order valence-electron chi connectivity index (χ4n) is 2.40. The van der Waals surface area contributed by atoms with Gasteiger partial charge in [-0.1, -0.05) is 11.6 Å². The SMILES string of the molecule is CC(C)(C)N1C(=O)CC(N)C1c1cc(Br)c(Cl)s1. The van der Waals surface area contributed by atoms with Crippen LogP contribution in [0.5, 0.6) is 0 Å². The molecule has 2 N–H and O–H groups in total. The number of likely N-dealkylation sites (tertiary alicyclic amines) is 1. The summed E-state index contributed by atoms with van der Waals surface area (Å²) in [7, 11) is 0. The van der Waals surface area contributed by atoms with E-state index in [2.05, 4.69) is 15.9 Å². The van der Waals surface area contributed by atoms with Gasteiger partial charge in [-0.25, -0.2) is 0 Å². The molecule has 1 aliphatic rings. The summed E-state index contributed by atoms with van der Waals surface area (Å²) in [5.74, 6) is 0.112. The van der Waals surface area contributed by atoms with Gasteiger partial charge in [-0.2, -0.15) is 0 Å². The van der Waals surface area contributed by atoms with Crippen LogP contribution >= 0.6 is 38.9 Å². The van der Waals surface area contributed by atoms with Crippen LogP contribution in [0.25, 0.3) is 0 Å². The van der Waals surface area contributed by atoms with Crippen molar-refractivity contribution in [2.75, 3.05) is 0 Å². The van der Waals surface area contributed by atoms with Crippen molar-refractivity contribution in [3.05, 3.63) is 19.8 Å². The van der Waals surface area contributed by atoms with E-state index in [4.69, 9.17) is 17.3 Å². The van der Waals surface area contributed by atoms with Gasteiger partial charge in [0, 0.05) is 27.4 Å². The molecule has 0 aromatic carbocycles. The predicted octanol–water partition coefficient (Wildman–Crippen LogP) is 3.56. The Morgan fingerprint density at radius 2 is 2.17 bits per heavy atom. The molecule has 1 aromatic heterocycles. The molecule has 2 rings (SSSR count). The lowest BCUT2D eigenvalue weighted by atomic mass is 10.0. The quantitative estimate of drug-likeness (QED) is 0.841. The smallest absolute Gasteiger partial charge is 0.225 e. The summed E-state index contributed by atoms with van der Waals surface area (Å²) < 4.78 is 1.56. The number of nitrogens with zero attached hydrogens (tertiary/aromatic N) is 1. The van der Waals surface area contributed by atoms with Crippen molar-refractivity contribution in [2.45, 2.75) is 44.8 Å². The normalized spacial score (nSPS) is 25.0. The highest BCUT2D eigenvalue weighted by Gasteiger charge is 2.44. The first kappa shape index (κ1) is 14.3. The molecule has 0 bridgehead atoms. The van der Waals surface area contributed by atoms with Crippen LogP contribution in [0.4, 0.5) is 0 Å². The number of hydrogen-bond donors (Lipinski definition) is 1. The molecule has 2 atom stereocenters. The number of nitrogens with two attached hydrogens (primary N) is 1. The van der Waals surface area contributed by atoms with E-state index < -0.39 is 0 Å². The molecule has 0 spiro atoms. The van der Waals surface area contributed by atoms with Gasteiger partial charge in [-0.3, -0.25) is 4.79 Å². The van der Waals surface area contributed by atoms with E-state index in [1.54, 1.807) is 0 Å². The molecule has 2 heterocycles. The Morgan fingerprint density at radius 1 is 1.56 bits per heavy atom. The van der Waals surface area contributed by atoms with Gasteiger partial charge in [0.15, 0.2) is 0 Å². The van der Waals surface area contributed by atoms with Crippen LogP contribution in [0.15, 0.2) is 10.5 Å². The van der Waals surface area contributed by atoms with Crippen molar-refractivity contribution in [1.82, 2.24) is 4.90 Å². The summed E-state index contributed by atoms with van der Waals surface area (Å²) in [4.78, 5) is 15.0. The molecule has 18 heavy (non-hydrogen) atoms. The molecule has 3 nitrogen and oxygen atoms in total. The molecule has 1 saturated heterocycles. The standard InChI is InChI=1S/C12H16BrClN2OS/c1-12(2,3)16-9(17)5-7(15)10(16)8-4-6(13)11(14)18-8/h4,7,10H,5,15H2,1-3H3. The van der Waals surface area contributed by atoms with E-state index in [-0.39, 0.29) is 23.5 Å². The lowest BCUT2D eigenvalue weighted by molar-refractivity contribution is -0.133. The number of rotatable bonds is 1. The van der Waals surface area contributed by atoms with Crippen molar-refractivity contribution in [2.24, 2.45) is 5.73 Å². The van der Waals surface area contributed by atoms with Crippen molar-refractivity contribution in [3.8, 4) is 0 Å². The Labute approximate surface area is 124 Å². The van der Waals surface area contributed by atoms with Crippen LogP contribution < -0.4 is 5.73 Å². The van der Waals surface area contributed by atoms with Gasteiger partial charge in [-0.05, 0) is 42.8 Å². The fourth-order valence-corrected chi connectivity index (χ4v) is 4.30. The minimum Gasteiger partial charge on any atom is -0.328 e. The molecule has 6 heteroatoms. The monoisotopic (exact) mass is 350 g/mol. The van der Waals surface area contributed by atoms with E-state index >= 15 is 0 Å². The maximum absolute atomic E-state index is 12.1. The zero-order valence-electron chi connectivity index (χ0n) is 10.5. The second-order valence-corrected chi connectivity index (χ2v) is 8.06. The molecule has 0 saturated carbocycles. The maximum atomic E-state index is 12.1. The van der Waals surface area contributed by atoms with Gasteiger partial charge >= 0.3 is 0 Å². The van der Waals surface area contributed by atoms with Crippen LogP contribution in [-0.2, 0) is 4.79 Å². The molecule has 1 aromatic rings. The number of thiophene rings is 1. The highest BCUT2D eigenvalue weighted by molar-refractivity contribution is 9.10. The molecule has 0 radical (unpaired) electrons. The van der Waals surface area contributed by atoms with E-state index in [1.165, 1.54) is 11.3 Å². The number of amides is 1. The number of hydrogen-bond acceptors (Lipinski definition) is 3. The van der Waals surface area contributed by atoms with Crippen LogP contribution in [0.3, 0.4) is 0 Å². The first-order chi connectivity index (χ1) is 8.21. The topological polar surface area (TPSA) is 46.3 Å². The minimum atomic E-state index is -0.237. The summed E-state index contributed by atoms with van der Waals surface area (Å²) >= 11 is 11.0. The van der Waals surface area contributed by atoms with Gasteiger partial charge in [-0.15, -0.1) is 11.3 Å². The van der Waals surface area contributed by atoms with Gasteiger partial charge in [0.1, 0.15) is 4.34 Å². The second-order valence-electron chi connectivity index (χ2n) is 5.52. The molecule has 0 aliphatic carbocycles. The Kier molecular flexibility index (Phi) is 3.80. The average molecular weight is 352 g/mol. The first-order valence-electron chi connectivity index (χ1n) is 5.74. The predicted molar refractivity (Wildman–Crippen MR) is 79.0 cm³/mol. The van der Waals surface area contributed by atoms with E-state index in [1.807, 2.05) is 31.7 Å². The minimum absolute atomic E-state index is 0.0775. The number of halogens is 2. The van der Waals surface area contributed by atoms with Crippen LogP contribution in [0.1, 0.15) is 38.1 Å². The van der Waals surface area contributed by atoms with Crippen molar-refractivity contribution >= 4 is 44.8 Å². The molecule has 2 unspecified atom stereocenters. The summed E-state index contributed by atoms with van der Waals surface area (Å²) in [6.07, 6.45) is 0.398. The third kappa shape index (κ3) is 2.46. The summed E-state index contributed by atoms with van der Waals surface area (Å²) in [5.41, 5.74) is 5.90. The Hall–Kier alpha value is -0.100. The van der Waals surface area contributed by atoms with E-state index in [0.717, 1.165) is 9.35 Å².